The summed E-state index contributed by atoms with van der Waals surface area (Å²) in [5.74, 6) is -3.58. The number of piperazine rings is 1. The number of esters is 1. The van der Waals surface area contributed by atoms with Crippen molar-refractivity contribution in [3.05, 3.63) is 63.8 Å². The predicted octanol–water partition coefficient (Wildman–Crippen LogP) is 4.32. The van der Waals surface area contributed by atoms with Crippen LogP contribution in [0.2, 0.25) is 10.0 Å². The molecule has 0 amide bonds. The van der Waals surface area contributed by atoms with Crippen LogP contribution in [-0.2, 0) is 24.8 Å². The summed E-state index contributed by atoms with van der Waals surface area (Å²) in [5.41, 5.74) is -2.00. The lowest BCUT2D eigenvalue weighted by Crippen LogP contribution is -2.67. The number of halogens is 2. The van der Waals surface area contributed by atoms with E-state index in [1.54, 1.807) is 31.4 Å². The molecule has 282 valence electrons. The highest BCUT2D eigenvalue weighted by molar-refractivity contribution is 6.33. The van der Waals surface area contributed by atoms with Gasteiger partial charge in [-0.3, -0.25) is 29.7 Å². The maximum absolute atomic E-state index is 13.5. The third kappa shape index (κ3) is 6.08. The second kappa shape index (κ2) is 14.0. The summed E-state index contributed by atoms with van der Waals surface area (Å²) in [6.07, 6.45) is 3.08. The number of hydroxylamine groups is 1. The zero-order valence-corrected chi connectivity index (χ0v) is 31.7. The van der Waals surface area contributed by atoms with E-state index in [4.69, 9.17) is 32.8 Å². The zero-order chi connectivity index (χ0) is 37.3. The van der Waals surface area contributed by atoms with E-state index in [0.717, 1.165) is 50.5 Å². The Morgan fingerprint density at radius 2 is 1.85 bits per heavy atom. The van der Waals surface area contributed by atoms with E-state index < -0.39 is 59.3 Å². The normalized spacial score (nSPS) is 36.7. The van der Waals surface area contributed by atoms with Crippen LogP contribution in [0.5, 0.6) is 0 Å². The zero-order valence-electron chi connectivity index (χ0n) is 30.2. The first-order valence-electron chi connectivity index (χ1n) is 18.2. The molecule has 12 nitrogen and oxygen atoms in total. The predicted molar refractivity (Wildman–Crippen MR) is 197 cm³/mol. The molecule has 7 rings (SSSR count). The maximum Gasteiger partial charge on any atom is 0.321 e. The lowest BCUT2D eigenvalue weighted by Gasteiger charge is -2.60. The fourth-order valence-corrected chi connectivity index (χ4v) is 10.7. The highest BCUT2D eigenvalue weighted by Crippen LogP contribution is 2.61. The van der Waals surface area contributed by atoms with Gasteiger partial charge in [0.2, 0.25) is 0 Å². The molecule has 11 atom stereocenters. The number of carboxylic acids is 1. The van der Waals surface area contributed by atoms with Gasteiger partial charge in [0.1, 0.15) is 23.6 Å². The molecule has 14 heteroatoms. The number of carbonyl (C=O) groups excluding carboxylic acids is 1. The van der Waals surface area contributed by atoms with Gasteiger partial charge in [0.25, 0.3) is 0 Å². The number of nitrogens with zero attached hydrogens (tertiary/aromatic N) is 4. The van der Waals surface area contributed by atoms with Crippen molar-refractivity contribution in [1.82, 2.24) is 15.2 Å². The van der Waals surface area contributed by atoms with Gasteiger partial charge in [-0.25, -0.2) is 4.98 Å². The quantitative estimate of drug-likeness (QED) is 0.236. The molecule has 5 aliphatic rings. The van der Waals surface area contributed by atoms with Crippen LogP contribution in [-0.4, -0.2) is 101 Å². The fourth-order valence-electron chi connectivity index (χ4n) is 10.3. The minimum atomic E-state index is -1.96. The van der Waals surface area contributed by atoms with Crippen molar-refractivity contribution in [2.45, 2.75) is 70.1 Å². The number of carbonyl (C=O) groups is 2. The molecule has 2 unspecified atom stereocenters. The highest BCUT2D eigenvalue weighted by atomic mass is 35.5. The van der Waals surface area contributed by atoms with Crippen LogP contribution in [0, 0.1) is 35.5 Å². The summed E-state index contributed by atoms with van der Waals surface area (Å²) in [5, 5.41) is 42.7. The van der Waals surface area contributed by atoms with E-state index in [0.29, 0.717) is 27.7 Å². The number of carboxylic acid groups (broad SMARTS) is 1. The first-order valence-corrected chi connectivity index (χ1v) is 19.0. The number of hydrogen-bond donors (Lipinski definition) is 4. The van der Waals surface area contributed by atoms with Crippen molar-refractivity contribution in [3.8, 4) is 0 Å². The van der Waals surface area contributed by atoms with E-state index in [9.17, 15) is 24.9 Å². The number of fused-ring (bicyclic) bond motifs is 4. The monoisotopic (exact) mass is 757 g/mol. The lowest BCUT2D eigenvalue weighted by molar-refractivity contribution is -0.227. The molecule has 4 N–H and O–H groups in total. The van der Waals surface area contributed by atoms with Gasteiger partial charge < -0.3 is 25.0 Å². The molecule has 3 fully saturated rings. The summed E-state index contributed by atoms with van der Waals surface area (Å²) in [6.45, 7) is 11.6. The van der Waals surface area contributed by atoms with Crippen LogP contribution in [0.15, 0.2) is 48.2 Å². The Labute approximate surface area is 314 Å². The van der Waals surface area contributed by atoms with E-state index in [1.807, 2.05) is 26.0 Å². The first kappa shape index (κ1) is 37.3. The van der Waals surface area contributed by atoms with Crippen molar-refractivity contribution in [3.63, 3.8) is 0 Å². The number of benzene rings is 1. The molecule has 0 radical (unpaired) electrons. The highest BCUT2D eigenvalue weighted by Gasteiger charge is 2.71. The maximum atomic E-state index is 13.5. The molecular formula is C38H49Cl2N5O7. The number of nitrogens with one attached hydrogen (secondary N) is 1. The summed E-state index contributed by atoms with van der Waals surface area (Å²) < 4.78 is 6.05. The molecule has 0 spiro atoms. The first-order chi connectivity index (χ1) is 24.7. The van der Waals surface area contributed by atoms with Gasteiger partial charge in [0, 0.05) is 76.2 Å². The van der Waals surface area contributed by atoms with E-state index in [-0.39, 0.29) is 17.8 Å². The van der Waals surface area contributed by atoms with Crippen molar-refractivity contribution in [2.24, 2.45) is 35.5 Å². The average Bonchev–Trinajstić information content (AvgIpc) is 3.39. The second-order valence-corrected chi connectivity index (χ2v) is 16.4. The number of aliphatic hydroxyl groups is 2. The van der Waals surface area contributed by atoms with Crippen LogP contribution >= 0.6 is 23.2 Å². The molecular weight excluding hydrogens is 709 g/mol. The SMILES string of the molecule is CC(=O)OC1C(C)=C[C@@H]2[C@H](C(C)CN3CCN(c4ccc(Cl)cn4)CC3)CC[C@@H](C)[C@]2(O)[C@H]1[C@H]1[C@@H](C(=O)O)N[C@@H]2ON(C)c3c(Cl)cccc3[C@]12O. The van der Waals surface area contributed by atoms with Crippen LogP contribution < -0.4 is 15.3 Å². The van der Waals surface area contributed by atoms with Crippen LogP contribution in [0.4, 0.5) is 11.5 Å². The third-order valence-electron chi connectivity index (χ3n) is 12.7. The topological polar surface area (TPSA) is 148 Å². The van der Waals surface area contributed by atoms with Crippen LogP contribution in [0.25, 0.3) is 0 Å². The van der Waals surface area contributed by atoms with Crippen molar-refractivity contribution >= 4 is 46.6 Å². The van der Waals surface area contributed by atoms with Gasteiger partial charge in [-0.1, -0.05) is 55.3 Å². The number of rotatable bonds is 7. The molecule has 1 aromatic carbocycles. The van der Waals surface area contributed by atoms with Gasteiger partial charge in [-0.2, -0.15) is 0 Å². The van der Waals surface area contributed by atoms with Gasteiger partial charge >= 0.3 is 11.9 Å². The molecule has 1 aromatic heterocycles. The molecule has 4 heterocycles. The largest absolute Gasteiger partial charge is 0.480 e. The minimum Gasteiger partial charge on any atom is -0.480 e. The van der Waals surface area contributed by atoms with Crippen molar-refractivity contribution in [2.75, 3.05) is 49.7 Å². The fraction of sp³-hybridized carbons (Fsp3) is 0.605. The summed E-state index contributed by atoms with van der Waals surface area (Å²) >= 11 is 12.7. The summed E-state index contributed by atoms with van der Waals surface area (Å²) in [7, 11) is 1.65. The number of para-hydroxylation sites is 1. The number of hydrogen-bond acceptors (Lipinski definition) is 11. The van der Waals surface area contributed by atoms with Crippen molar-refractivity contribution in [1.29, 1.82) is 0 Å². The molecule has 3 aliphatic heterocycles. The number of aliphatic carboxylic acids is 1. The Morgan fingerprint density at radius 3 is 2.50 bits per heavy atom. The number of pyridine rings is 1. The van der Waals surface area contributed by atoms with E-state index in [1.165, 1.54) is 12.0 Å². The van der Waals surface area contributed by atoms with Gasteiger partial charge in [0.05, 0.1) is 21.3 Å². The standard InChI is InChI=1S/C38H49Cl2N5O7/c1-20-17-27-25(21(2)19-44-13-15-45(16-14-44)29-12-10-24(39)18-41-29)11-9-22(3)37(27,49)31(34(20)51-23(4)46)30-32(35(47)48)42-36-38(30,50)26-7-6-8-28(40)33(26)43(5)52-36/h6-8,10,12,17-18,21-22,25,27,30-32,34,36,42,49-50H,9,11,13-16,19H2,1-5H3,(H,47,48)/t21?,22-,25+,27-,30+,31+,32+,34?,36-,37-,38+/m1/s1. The Hall–Kier alpha value is -2.97. The minimum absolute atomic E-state index is 0.0337. The Bertz CT molecular complexity index is 1720. The van der Waals surface area contributed by atoms with Gasteiger partial charge in [-0.15, -0.1) is 0 Å². The number of ether oxygens (including phenoxy) is 1. The second-order valence-electron chi connectivity index (χ2n) is 15.6. The third-order valence-corrected chi connectivity index (χ3v) is 13.2. The number of aromatic nitrogens is 1. The molecule has 52 heavy (non-hydrogen) atoms. The molecule has 2 saturated heterocycles. The molecule has 2 aliphatic carbocycles. The van der Waals surface area contributed by atoms with Crippen LogP contribution in [0.1, 0.15) is 46.1 Å². The summed E-state index contributed by atoms with van der Waals surface area (Å²) in [4.78, 5) is 41.3. The Morgan fingerprint density at radius 1 is 1.12 bits per heavy atom. The van der Waals surface area contributed by atoms with Crippen LogP contribution in [0.3, 0.4) is 0 Å². The molecule has 2 aromatic rings. The average molecular weight is 759 g/mol. The Kier molecular flexibility index (Phi) is 10.1. The lowest BCUT2D eigenvalue weighted by atomic mass is 9.49. The smallest absolute Gasteiger partial charge is 0.321 e. The number of anilines is 2. The van der Waals surface area contributed by atoms with Gasteiger partial charge in [-0.05, 0) is 61.3 Å². The van der Waals surface area contributed by atoms with Gasteiger partial charge in [0.15, 0.2) is 6.23 Å². The van der Waals surface area contributed by atoms with E-state index >= 15 is 0 Å². The van der Waals surface area contributed by atoms with E-state index in [2.05, 4.69) is 33.1 Å². The Balaban J connectivity index is 1.25. The summed E-state index contributed by atoms with van der Waals surface area (Å²) in [6, 6.07) is 7.55. The molecule has 1 saturated carbocycles. The molecule has 0 bridgehead atoms. The van der Waals surface area contributed by atoms with Crippen molar-refractivity contribution < 1.29 is 34.5 Å².